The highest BCUT2D eigenvalue weighted by atomic mass is 19.1. The summed E-state index contributed by atoms with van der Waals surface area (Å²) < 4.78 is 13.0. The van der Waals surface area contributed by atoms with Crippen molar-refractivity contribution in [2.24, 2.45) is 0 Å². The molecule has 0 aliphatic rings. The van der Waals surface area contributed by atoms with E-state index in [1.54, 1.807) is 0 Å². The molecule has 0 spiro atoms. The summed E-state index contributed by atoms with van der Waals surface area (Å²) >= 11 is 0. The van der Waals surface area contributed by atoms with Gasteiger partial charge in [0.25, 0.3) is 0 Å². The average Bonchev–Trinajstić information content (AvgIpc) is 2.52. The predicted octanol–water partition coefficient (Wildman–Crippen LogP) is 4.03. The molecule has 4 heteroatoms. The van der Waals surface area contributed by atoms with Crippen molar-refractivity contribution in [2.75, 3.05) is 5.32 Å². The highest BCUT2D eigenvalue weighted by Gasteiger charge is 2.09. The van der Waals surface area contributed by atoms with Crippen molar-refractivity contribution in [3.05, 3.63) is 65.5 Å². The summed E-state index contributed by atoms with van der Waals surface area (Å²) in [6, 6.07) is 14.7. The first-order chi connectivity index (χ1) is 10.6. The Hall–Kier alpha value is -2.36. The maximum absolute atomic E-state index is 13.0. The predicted molar refractivity (Wildman–Crippen MR) is 87.0 cm³/mol. The van der Waals surface area contributed by atoms with Gasteiger partial charge in [-0.1, -0.05) is 31.2 Å². The van der Waals surface area contributed by atoms with Crippen molar-refractivity contribution in [2.45, 2.75) is 32.9 Å². The van der Waals surface area contributed by atoms with Gasteiger partial charge >= 0.3 is 0 Å². The van der Waals surface area contributed by atoms with E-state index in [9.17, 15) is 9.18 Å². The van der Waals surface area contributed by atoms with Crippen LogP contribution in [-0.4, -0.2) is 5.91 Å². The molecule has 22 heavy (non-hydrogen) atoms. The maximum Gasteiger partial charge on any atom is 0.217 e. The Kier molecular flexibility index (Phi) is 5.53. The van der Waals surface area contributed by atoms with Gasteiger partial charge in [0, 0.05) is 19.2 Å². The Bertz CT molecular complexity index is 608. The van der Waals surface area contributed by atoms with Gasteiger partial charge < -0.3 is 10.6 Å². The lowest BCUT2D eigenvalue weighted by Gasteiger charge is -2.19. The molecule has 0 saturated heterocycles. The Labute approximate surface area is 130 Å². The van der Waals surface area contributed by atoms with Crippen LogP contribution in [0.5, 0.6) is 0 Å². The Balaban J connectivity index is 2.01. The minimum atomic E-state index is -0.221. The Morgan fingerprint density at radius 2 is 1.73 bits per heavy atom. The number of anilines is 1. The van der Waals surface area contributed by atoms with E-state index < -0.39 is 0 Å². The van der Waals surface area contributed by atoms with Gasteiger partial charge in [-0.2, -0.15) is 0 Å². The van der Waals surface area contributed by atoms with Crippen molar-refractivity contribution in [1.82, 2.24) is 5.32 Å². The first kappa shape index (κ1) is 16.0. The van der Waals surface area contributed by atoms with Crippen LogP contribution in [0.2, 0.25) is 0 Å². The third kappa shape index (κ3) is 4.58. The van der Waals surface area contributed by atoms with Gasteiger partial charge in [0.05, 0.1) is 6.04 Å². The van der Waals surface area contributed by atoms with Gasteiger partial charge in [-0.15, -0.1) is 0 Å². The van der Waals surface area contributed by atoms with Gasteiger partial charge in [0.1, 0.15) is 5.82 Å². The summed E-state index contributed by atoms with van der Waals surface area (Å²) in [6.45, 7) is 4.13. The largest absolute Gasteiger partial charge is 0.378 e. The molecule has 2 aromatic rings. The maximum atomic E-state index is 13.0. The van der Waals surface area contributed by atoms with Crippen LogP contribution in [0.4, 0.5) is 10.1 Å². The first-order valence-corrected chi connectivity index (χ1v) is 7.44. The molecule has 2 aromatic carbocycles. The molecule has 0 aliphatic heterocycles. The van der Waals surface area contributed by atoms with Crippen LogP contribution < -0.4 is 10.6 Å². The van der Waals surface area contributed by atoms with Crippen LogP contribution in [0.25, 0.3) is 0 Å². The molecule has 0 saturated carbocycles. The van der Waals surface area contributed by atoms with E-state index in [2.05, 4.69) is 17.6 Å². The number of hydrogen-bond donors (Lipinski definition) is 2. The quantitative estimate of drug-likeness (QED) is 0.846. The van der Waals surface area contributed by atoms with Crippen LogP contribution in [0.3, 0.4) is 0 Å². The minimum absolute atomic E-state index is 0.0374. The number of rotatable bonds is 6. The van der Waals surface area contributed by atoms with E-state index in [4.69, 9.17) is 0 Å². The van der Waals surface area contributed by atoms with Gasteiger partial charge in [0.2, 0.25) is 5.91 Å². The SMILES string of the molecule is CC[C@@H](Nc1ccc(CNC(C)=O)cc1)c1ccc(F)cc1. The standard InChI is InChI=1S/C18H21FN2O/c1-3-18(15-6-8-16(19)9-7-15)21-17-10-4-14(5-11-17)12-20-13(2)22/h4-11,18,21H,3,12H2,1-2H3,(H,20,22)/t18-/m1/s1. The molecule has 0 aliphatic carbocycles. The number of hydrogen-bond acceptors (Lipinski definition) is 2. The second-order valence-corrected chi connectivity index (χ2v) is 5.26. The van der Waals surface area contributed by atoms with Crippen LogP contribution in [0.1, 0.15) is 37.4 Å². The summed E-state index contributed by atoms with van der Waals surface area (Å²) in [6.07, 6.45) is 0.902. The number of carbonyl (C=O) groups is 1. The fraction of sp³-hybridized carbons (Fsp3) is 0.278. The second kappa shape index (κ2) is 7.59. The smallest absolute Gasteiger partial charge is 0.217 e. The lowest BCUT2D eigenvalue weighted by atomic mass is 10.0. The number of amides is 1. The average molecular weight is 300 g/mol. The summed E-state index contributed by atoms with van der Waals surface area (Å²) in [5, 5.41) is 6.22. The fourth-order valence-electron chi connectivity index (χ4n) is 2.26. The minimum Gasteiger partial charge on any atom is -0.378 e. The van der Waals surface area contributed by atoms with E-state index in [0.29, 0.717) is 6.54 Å². The van der Waals surface area contributed by atoms with Crippen LogP contribution in [-0.2, 0) is 11.3 Å². The van der Waals surface area contributed by atoms with Crippen molar-refractivity contribution < 1.29 is 9.18 Å². The zero-order chi connectivity index (χ0) is 15.9. The van der Waals surface area contributed by atoms with Crippen molar-refractivity contribution >= 4 is 11.6 Å². The third-order valence-corrected chi connectivity index (χ3v) is 3.52. The van der Waals surface area contributed by atoms with Gasteiger partial charge in [-0.25, -0.2) is 4.39 Å². The van der Waals surface area contributed by atoms with Gasteiger partial charge in [-0.3, -0.25) is 4.79 Å². The molecule has 0 fully saturated rings. The molecule has 0 bridgehead atoms. The zero-order valence-electron chi connectivity index (χ0n) is 12.9. The monoisotopic (exact) mass is 300 g/mol. The number of benzene rings is 2. The molecule has 2 N–H and O–H groups in total. The second-order valence-electron chi connectivity index (χ2n) is 5.26. The fourth-order valence-corrected chi connectivity index (χ4v) is 2.26. The Morgan fingerprint density at radius 3 is 2.27 bits per heavy atom. The van der Waals surface area contributed by atoms with Crippen molar-refractivity contribution in [3.63, 3.8) is 0 Å². The Morgan fingerprint density at radius 1 is 1.09 bits per heavy atom. The summed E-state index contributed by atoms with van der Waals surface area (Å²) in [4.78, 5) is 10.9. The van der Waals surface area contributed by atoms with E-state index in [1.165, 1.54) is 19.1 Å². The lowest BCUT2D eigenvalue weighted by molar-refractivity contribution is -0.119. The molecule has 0 radical (unpaired) electrons. The molecule has 116 valence electrons. The third-order valence-electron chi connectivity index (χ3n) is 3.52. The van der Waals surface area contributed by atoms with Crippen LogP contribution >= 0.6 is 0 Å². The number of nitrogens with one attached hydrogen (secondary N) is 2. The van der Waals surface area contributed by atoms with E-state index in [-0.39, 0.29) is 17.8 Å². The van der Waals surface area contributed by atoms with Crippen LogP contribution in [0.15, 0.2) is 48.5 Å². The highest BCUT2D eigenvalue weighted by Crippen LogP contribution is 2.23. The molecule has 1 amide bonds. The topological polar surface area (TPSA) is 41.1 Å². The summed E-state index contributed by atoms with van der Waals surface area (Å²) in [5.41, 5.74) is 3.12. The zero-order valence-corrected chi connectivity index (χ0v) is 12.9. The lowest BCUT2D eigenvalue weighted by Crippen LogP contribution is -2.18. The molecule has 0 aromatic heterocycles. The molecule has 2 rings (SSSR count). The summed E-state index contributed by atoms with van der Waals surface area (Å²) in [7, 11) is 0. The normalized spacial score (nSPS) is 11.8. The molecule has 1 atom stereocenters. The van der Waals surface area contributed by atoms with E-state index >= 15 is 0 Å². The molecular weight excluding hydrogens is 279 g/mol. The van der Waals surface area contributed by atoms with Gasteiger partial charge in [-0.05, 0) is 41.8 Å². The number of halogens is 1. The number of carbonyl (C=O) groups excluding carboxylic acids is 1. The van der Waals surface area contributed by atoms with Gasteiger partial charge in [0.15, 0.2) is 0 Å². The molecule has 0 unspecified atom stereocenters. The summed E-state index contributed by atoms with van der Waals surface area (Å²) in [5.74, 6) is -0.259. The molecule has 0 heterocycles. The van der Waals surface area contributed by atoms with Crippen molar-refractivity contribution in [3.8, 4) is 0 Å². The van der Waals surface area contributed by atoms with E-state index in [1.807, 2.05) is 36.4 Å². The van der Waals surface area contributed by atoms with Crippen LogP contribution in [0, 0.1) is 5.82 Å². The van der Waals surface area contributed by atoms with E-state index in [0.717, 1.165) is 23.2 Å². The molecular formula is C18H21FN2O. The van der Waals surface area contributed by atoms with Crippen molar-refractivity contribution in [1.29, 1.82) is 0 Å². The molecule has 3 nitrogen and oxygen atoms in total. The first-order valence-electron chi connectivity index (χ1n) is 7.44. The highest BCUT2D eigenvalue weighted by molar-refractivity contribution is 5.72.